The van der Waals surface area contributed by atoms with E-state index in [0.717, 1.165) is 29.1 Å². The molecule has 0 saturated heterocycles. The molecule has 33 heavy (non-hydrogen) atoms. The maximum atomic E-state index is 13.7. The topological polar surface area (TPSA) is 72.0 Å². The highest BCUT2D eigenvalue weighted by Crippen LogP contribution is 2.32. The summed E-state index contributed by atoms with van der Waals surface area (Å²) < 4.78 is 11.4. The molecule has 0 aliphatic heterocycles. The van der Waals surface area contributed by atoms with E-state index in [2.05, 4.69) is 18.7 Å². The van der Waals surface area contributed by atoms with Gasteiger partial charge >= 0.3 is 5.97 Å². The third-order valence-corrected chi connectivity index (χ3v) is 6.27. The molecule has 0 spiro atoms. The molecular formula is C24H30ClN3O4S. The number of carbonyl (C=O) groups is 2. The molecule has 1 aromatic heterocycles. The smallest absolute Gasteiger partial charge is 0.338 e. The zero-order valence-electron chi connectivity index (χ0n) is 19.4. The average Bonchev–Trinajstić information content (AvgIpc) is 3.24. The average molecular weight is 492 g/mol. The minimum atomic E-state index is -0.539. The van der Waals surface area contributed by atoms with Crippen LogP contribution in [0.25, 0.3) is 10.2 Å². The highest BCUT2D eigenvalue weighted by molar-refractivity contribution is 7.22. The fraction of sp³-hybridized carbons (Fsp3) is 0.375. The summed E-state index contributed by atoms with van der Waals surface area (Å²) in [6.07, 6.45) is 0. The number of ether oxygens (including phenoxy) is 2. The second kappa shape index (κ2) is 12.5. The van der Waals surface area contributed by atoms with Crippen molar-refractivity contribution in [2.75, 3.05) is 44.8 Å². The van der Waals surface area contributed by atoms with Crippen molar-refractivity contribution in [1.29, 1.82) is 0 Å². The van der Waals surface area contributed by atoms with Crippen molar-refractivity contribution in [2.45, 2.75) is 20.8 Å². The molecule has 0 fully saturated rings. The highest BCUT2D eigenvalue weighted by atomic mass is 35.5. The van der Waals surface area contributed by atoms with Crippen LogP contribution in [0.4, 0.5) is 5.13 Å². The molecule has 3 aromatic rings. The zero-order valence-corrected chi connectivity index (χ0v) is 21.0. The molecule has 0 bridgehead atoms. The molecule has 9 heteroatoms. The van der Waals surface area contributed by atoms with Gasteiger partial charge in [0, 0.05) is 13.1 Å². The first-order valence-electron chi connectivity index (χ1n) is 10.8. The second-order valence-electron chi connectivity index (χ2n) is 7.08. The molecule has 0 atom stereocenters. The molecular weight excluding hydrogens is 462 g/mol. The van der Waals surface area contributed by atoms with Crippen LogP contribution < -0.4 is 9.64 Å². The Labute approximate surface area is 204 Å². The number of halogens is 1. The fourth-order valence-corrected chi connectivity index (χ4v) is 4.45. The first-order chi connectivity index (χ1) is 15.5. The number of hydrogen-bond donors (Lipinski definition) is 0. The van der Waals surface area contributed by atoms with Gasteiger partial charge in [0.2, 0.25) is 0 Å². The predicted octanol–water partition coefficient (Wildman–Crippen LogP) is 4.89. The van der Waals surface area contributed by atoms with Crippen LogP contribution in [0.2, 0.25) is 0 Å². The summed E-state index contributed by atoms with van der Waals surface area (Å²) in [7, 11) is 1.31. The number of thiazole rings is 1. The summed E-state index contributed by atoms with van der Waals surface area (Å²) in [6, 6.07) is 12.4. The standard InChI is InChI=1S/C24H29N3O4S.ClH/c1-5-26(6-2)14-15-27(22(28)18-10-8-9-11-19(18)23(29)30-4)24-25-20-13-12-17(31-7-3)16-21(20)32-24;/h8-13,16H,5-7,14-15H2,1-4H3;1H. The van der Waals surface area contributed by atoms with E-state index in [9.17, 15) is 9.59 Å². The zero-order chi connectivity index (χ0) is 23.1. The van der Waals surface area contributed by atoms with E-state index in [1.165, 1.54) is 18.4 Å². The Morgan fingerprint density at radius 2 is 1.70 bits per heavy atom. The van der Waals surface area contributed by atoms with Crippen LogP contribution in [0.1, 0.15) is 41.5 Å². The molecule has 1 heterocycles. The lowest BCUT2D eigenvalue weighted by molar-refractivity contribution is 0.0597. The van der Waals surface area contributed by atoms with E-state index in [1.807, 2.05) is 25.1 Å². The predicted molar refractivity (Wildman–Crippen MR) is 135 cm³/mol. The van der Waals surface area contributed by atoms with Crippen molar-refractivity contribution in [2.24, 2.45) is 0 Å². The third-order valence-electron chi connectivity index (χ3n) is 5.23. The number of esters is 1. The number of rotatable bonds is 10. The molecule has 7 nitrogen and oxygen atoms in total. The number of benzene rings is 2. The molecule has 3 rings (SSSR count). The lowest BCUT2D eigenvalue weighted by atomic mass is 10.1. The molecule has 0 N–H and O–H groups in total. The quantitative estimate of drug-likeness (QED) is 0.376. The van der Waals surface area contributed by atoms with Gasteiger partial charge in [-0.05, 0) is 50.3 Å². The van der Waals surface area contributed by atoms with Crippen LogP contribution in [0.5, 0.6) is 5.75 Å². The first kappa shape index (κ1) is 26.6. The van der Waals surface area contributed by atoms with Gasteiger partial charge in [0.1, 0.15) is 5.75 Å². The van der Waals surface area contributed by atoms with Crippen LogP contribution in [0.15, 0.2) is 42.5 Å². The number of hydrogen-bond acceptors (Lipinski definition) is 7. The monoisotopic (exact) mass is 491 g/mol. The first-order valence-corrected chi connectivity index (χ1v) is 11.6. The number of fused-ring (bicyclic) bond motifs is 1. The maximum Gasteiger partial charge on any atom is 0.338 e. The Hall–Kier alpha value is -2.68. The van der Waals surface area contributed by atoms with Gasteiger partial charge in [-0.3, -0.25) is 9.69 Å². The summed E-state index contributed by atoms with van der Waals surface area (Å²) in [4.78, 5) is 34.6. The minimum Gasteiger partial charge on any atom is -0.494 e. The molecule has 178 valence electrons. The van der Waals surface area contributed by atoms with Gasteiger partial charge in [-0.2, -0.15) is 0 Å². The van der Waals surface area contributed by atoms with Gasteiger partial charge in [0.05, 0.1) is 35.1 Å². The highest BCUT2D eigenvalue weighted by Gasteiger charge is 2.26. The lowest BCUT2D eigenvalue weighted by Crippen LogP contribution is -2.39. The Morgan fingerprint density at radius 1 is 1.00 bits per heavy atom. The van der Waals surface area contributed by atoms with Crippen LogP contribution in [0.3, 0.4) is 0 Å². The summed E-state index contributed by atoms with van der Waals surface area (Å²) in [5.41, 5.74) is 1.34. The Balaban J connectivity index is 0.00000385. The van der Waals surface area contributed by atoms with Gasteiger partial charge in [-0.15, -0.1) is 12.4 Å². The van der Waals surface area contributed by atoms with Gasteiger partial charge in [0.25, 0.3) is 5.91 Å². The van der Waals surface area contributed by atoms with Gasteiger partial charge in [0.15, 0.2) is 5.13 Å². The molecule has 0 unspecified atom stereocenters. The minimum absolute atomic E-state index is 0. The van der Waals surface area contributed by atoms with Crippen molar-refractivity contribution in [3.05, 3.63) is 53.6 Å². The van der Waals surface area contributed by atoms with Crippen molar-refractivity contribution in [1.82, 2.24) is 9.88 Å². The van der Waals surface area contributed by atoms with Crippen LogP contribution >= 0.6 is 23.7 Å². The third kappa shape index (κ3) is 6.22. The van der Waals surface area contributed by atoms with Crippen molar-refractivity contribution < 1.29 is 19.1 Å². The molecule has 0 aliphatic carbocycles. The number of aromatic nitrogens is 1. The summed E-state index contributed by atoms with van der Waals surface area (Å²) >= 11 is 1.43. The van der Waals surface area contributed by atoms with E-state index in [4.69, 9.17) is 14.5 Å². The number of methoxy groups -OCH3 is 1. The van der Waals surface area contributed by atoms with Gasteiger partial charge < -0.3 is 14.4 Å². The molecule has 0 radical (unpaired) electrons. The van der Waals surface area contributed by atoms with Gasteiger partial charge in [-0.25, -0.2) is 9.78 Å². The second-order valence-corrected chi connectivity index (χ2v) is 8.09. The maximum absolute atomic E-state index is 13.7. The molecule has 2 aromatic carbocycles. The van der Waals surface area contributed by atoms with Crippen molar-refractivity contribution >= 4 is 51.0 Å². The largest absolute Gasteiger partial charge is 0.494 e. The summed E-state index contributed by atoms with van der Waals surface area (Å²) in [6.45, 7) is 9.62. The Morgan fingerprint density at radius 3 is 2.33 bits per heavy atom. The van der Waals surface area contributed by atoms with Crippen molar-refractivity contribution in [3.63, 3.8) is 0 Å². The van der Waals surface area contributed by atoms with Crippen LogP contribution in [-0.2, 0) is 4.74 Å². The van der Waals surface area contributed by atoms with E-state index in [1.54, 1.807) is 29.2 Å². The Kier molecular flexibility index (Phi) is 10.1. The molecule has 0 saturated carbocycles. The Bertz CT molecular complexity index is 1080. The normalized spacial score (nSPS) is 10.7. The number of nitrogens with zero attached hydrogens (tertiary/aromatic N) is 3. The fourth-order valence-electron chi connectivity index (χ4n) is 3.43. The number of carbonyl (C=O) groups excluding carboxylic acids is 2. The van der Waals surface area contributed by atoms with E-state index in [0.29, 0.717) is 30.4 Å². The van der Waals surface area contributed by atoms with Crippen LogP contribution in [-0.4, -0.2) is 61.7 Å². The summed E-state index contributed by atoms with van der Waals surface area (Å²) in [5, 5.41) is 0.588. The molecule has 0 aliphatic rings. The SMILES string of the molecule is CCOc1ccc2nc(N(CCN(CC)CC)C(=O)c3ccccc3C(=O)OC)sc2c1.Cl. The van der Waals surface area contributed by atoms with E-state index in [-0.39, 0.29) is 23.9 Å². The van der Waals surface area contributed by atoms with Gasteiger partial charge in [-0.1, -0.05) is 37.3 Å². The van der Waals surface area contributed by atoms with E-state index >= 15 is 0 Å². The number of likely N-dealkylation sites (N-methyl/N-ethyl adjacent to an activating group) is 1. The molecule has 1 amide bonds. The lowest BCUT2D eigenvalue weighted by Gasteiger charge is -2.25. The number of amides is 1. The van der Waals surface area contributed by atoms with Crippen molar-refractivity contribution in [3.8, 4) is 5.75 Å². The van der Waals surface area contributed by atoms with Crippen LogP contribution in [0, 0.1) is 0 Å². The summed E-state index contributed by atoms with van der Waals surface area (Å²) in [5.74, 6) is -0.0437. The van der Waals surface area contributed by atoms with E-state index < -0.39 is 5.97 Å². The number of anilines is 1.